The fourth-order valence-corrected chi connectivity index (χ4v) is 4.76. The van der Waals surface area contributed by atoms with E-state index in [-0.39, 0.29) is 11.3 Å². The van der Waals surface area contributed by atoms with E-state index in [1.807, 2.05) is 0 Å². The number of ether oxygens (including phenoxy) is 1. The Labute approximate surface area is 125 Å². The summed E-state index contributed by atoms with van der Waals surface area (Å²) in [4.78, 5) is 4.17. The highest BCUT2D eigenvalue weighted by molar-refractivity contribution is 7.90. The molecule has 0 aromatic carbocycles. The van der Waals surface area contributed by atoms with Crippen LogP contribution >= 0.6 is 0 Å². The zero-order valence-corrected chi connectivity index (χ0v) is 12.8. The van der Waals surface area contributed by atoms with E-state index in [1.165, 1.54) is 12.8 Å². The molecule has 0 bridgehead atoms. The Morgan fingerprint density at radius 3 is 2.76 bits per heavy atom. The first-order valence-electron chi connectivity index (χ1n) is 7.72. The third-order valence-electron chi connectivity index (χ3n) is 4.56. The number of hydrogen-bond acceptors (Lipinski definition) is 4. The molecular weight excluding hydrogens is 290 g/mol. The Hall–Kier alpha value is -0.920. The van der Waals surface area contributed by atoms with Gasteiger partial charge in [-0.25, -0.2) is 13.4 Å². The predicted molar refractivity (Wildman–Crippen MR) is 77.2 cm³/mol. The lowest BCUT2D eigenvalue weighted by molar-refractivity contribution is 0.0793. The lowest BCUT2D eigenvalue weighted by Gasteiger charge is -2.33. The highest BCUT2D eigenvalue weighted by Gasteiger charge is 2.42. The molecule has 3 aliphatic rings. The van der Waals surface area contributed by atoms with E-state index in [0.29, 0.717) is 19.7 Å². The zero-order chi connectivity index (χ0) is 14.4. The molecule has 4 rings (SSSR count). The quantitative estimate of drug-likeness (QED) is 0.791. The largest absolute Gasteiger partial charge is 0.379 e. The lowest BCUT2D eigenvalue weighted by Crippen LogP contribution is -2.43. The molecule has 116 valence electrons. The Morgan fingerprint density at radius 2 is 2.05 bits per heavy atom. The lowest BCUT2D eigenvalue weighted by atomic mass is 10.2. The van der Waals surface area contributed by atoms with Crippen molar-refractivity contribution in [1.82, 2.24) is 13.9 Å². The number of aromatic nitrogens is 2. The maximum atomic E-state index is 12.5. The molecule has 2 saturated carbocycles. The fraction of sp³-hybridized carbons (Fsp3) is 0.786. The van der Waals surface area contributed by atoms with E-state index < -0.39 is 10.0 Å². The maximum absolute atomic E-state index is 12.5. The maximum Gasteiger partial charge on any atom is 0.217 e. The first-order chi connectivity index (χ1) is 10.1. The van der Waals surface area contributed by atoms with Crippen molar-refractivity contribution in [1.29, 1.82) is 0 Å². The van der Waals surface area contributed by atoms with Crippen LogP contribution in [0.4, 0.5) is 0 Å². The summed E-state index contributed by atoms with van der Waals surface area (Å²) in [6, 6.07) is 0.0449. The highest BCUT2D eigenvalue weighted by atomic mass is 32.2. The molecule has 7 heteroatoms. The number of hydrogen-bond donors (Lipinski definition) is 0. The molecule has 1 aromatic heterocycles. The van der Waals surface area contributed by atoms with Gasteiger partial charge in [0.1, 0.15) is 0 Å². The third-order valence-corrected chi connectivity index (χ3v) is 6.87. The van der Waals surface area contributed by atoms with Gasteiger partial charge in [-0.1, -0.05) is 0 Å². The summed E-state index contributed by atoms with van der Waals surface area (Å²) in [5.74, 6) is 0.724. The van der Waals surface area contributed by atoms with Gasteiger partial charge in [-0.2, -0.15) is 4.31 Å². The van der Waals surface area contributed by atoms with Crippen molar-refractivity contribution in [3.05, 3.63) is 18.2 Å². The van der Waals surface area contributed by atoms with Crippen LogP contribution in [0, 0.1) is 5.92 Å². The second-order valence-electron chi connectivity index (χ2n) is 6.46. The Bertz CT molecular complexity index is 619. The molecule has 2 fully saturated rings. The first-order valence-corrected chi connectivity index (χ1v) is 9.22. The molecule has 2 aliphatic carbocycles. The molecular formula is C14H21N3O3S. The number of nitrogens with zero attached hydrogens (tertiary/aromatic N) is 3. The minimum Gasteiger partial charge on any atom is -0.379 e. The highest BCUT2D eigenvalue weighted by Crippen LogP contribution is 2.34. The molecule has 0 N–H and O–H groups in total. The van der Waals surface area contributed by atoms with Crippen molar-refractivity contribution in [3.63, 3.8) is 0 Å². The average Bonchev–Trinajstić information content (AvgIpc) is 3.36. The van der Waals surface area contributed by atoms with Crippen LogP contribution in [0.1, 0.15) is 37.4 Å². The monoisotopic (exact) mass is 311 g/mol. The SMILES string of the molecule is O=S(=O)(C1CC1)N1Cc2cncn2[C@H](COCC2CC2)C1. The minimum atomic E-state index is -3.13. The van der Waals surface area contributed by atoms with Crippen molar-refractivity contribution in [2.45, 2.75) is 43.5 Å². The van der Waals surface area contributed by atoms with Crippen molar-refractivity contribution in [3.8, 4) is 0 Å². The van der Waals surface area contributed by atoms with Crippen molar-refractivity contribution in [2.75, 3.05) is 19.8 Å². The second-order valence-corrected chi connectivity index (χ2v) is 8.68. The second kappa shape index (κ2) is 5.07. The van der Waals surface area contributed by atoms with Gasteiger partial charge in [-0.15, -0.1) is 0 Å². The molecule has 21 heavy (non-hydrogen) atoms. The van der Waals surface area contributed by atoms with Crippen LogP contribution in [0.2, 0.25) is 0 Å². The van der Waals surface area contributed by atoms with E-state index in [4.69, 9.17) is 4.74 Å². The molecule has 0 radical (unpaired) electrons. The summed E-state index contributed by atoms with van der Waals surface area (Å²) in [6.45, 7) is 2.32. The van der Waals surface area contributed by atoms with Crippen LogP contribution in [0.25, 0.3) is 0 Å². The van der Waals surface area contributed by atoms with Gasteiger partial charge in [0.2, 0.25) is 10.0 Å². The van der Waals surface area contributed by atoms with Gasteiger partial charge in [-0.05, 0) is 31.6 Å². The molecule has 6 nitrogen and oxygen atoms in total. The van der Waals surface area contributed by atoms with Crippen molar-refractivity contribution < 1.29 is 13.2 Å². The average molecular weight is 311 g/mol. The Morgan fingerprint density at radius 1 is 1.24 bits per heavy atom. The van der Waals surface area contributed by atoms with Crippen molar-refractivity contribution in [2.24, 2.45) is 5.92 Å². The minimum absolute atomic E-state index is 0.0449. The Balaban J connectivity index is 1.49. The number of sulfonamides is 1. The number of rotatable bonds is 6. The van der Waals surface area contributed by atoms with Gasteiger partial charge in [-0.3, -0.25) is 0 Å². The fourth-order valence-electron chi connectivity index (χ4n) is 2.91. The van der Waals surface area contributed by atoms with Crippen LogP contribution in [0.3, 0.4) is 0 Å². The molecule has 1 aliphatic heterocycles. The summed E-state index contributed by atoms with van der Waals surface area (Å²) < 4.78 is 34.4. The van der Waals surface area contributed by atoms with Gasteiger partial charge >= 0.3 is 0 Å². The Kier molecular flexibility index (Phi) is 3.31. The summed E-state index contributed by atoms with van der Waals surface area (Å²) in [6.07, 6.45) is 7.71. The van der Waals surface area contributed by atoms with Gasteiger partial charge in [0, 0.05) is 19.3 Å². The van der Waals surface area contributed by atoms with Gasteiger partial charge in [0.25, 0.3) is 0 Å². The van der Waals surface area contributed by atoms with Crippen LogP contribution < -0.4 is 0 Å². The summed E-state index contributed by atoms with van der Waals surface area (Å²) >= 11 is 0. The summed E-state index contributed by atoms with van der Waals surface area (Å²) in [5.41, 5.74) is 0.963. The number of fused-ring (bicyclic) bond motifs is 1. The number of imidazole rings is 1. The zero-order valence-electron chi connectivity index (χ0n) is 12.0. The summed E-state index contributed by atoms with van der Waals surface area (Å²) in [7, 11) is -3.13. The standard InChI is InChI=1S/C14H21N3O3S/c18-21(19,14-3-4-14)16-6-12-5-15-10-17(12)13(7-16)9-20-8-11-1-2-11/h5,10-11,13-14H,1-4,6-9H2/t13-/m0/s1. The van der Waals surface area contributed by atoms with Crippen molar-refractivity contribution >= 4 is 10.0 Å². The van der Waals surface area contributed by atoms with Crippen LogP contribution in [0.5, 0.6) is 0 Å². The van der Waals surface area contributed by atoms with Crippen LogP contribution in [-0.2, 0) is 21.3 Å². The molecule has 1 atom stereocenters. The summed E-state index contributed by atoms with van der Waals surface area (Å²) in [5, 5.41) is -0.153. The van der Waals surface area contributed by atoms with E-state index in [1.54, 1.807) is 16.8 Å². The molecule has 0 saturated heterocycles. The topological polar surface area (TPSA) is 64.4 Å². The van der Waals surface area contributed by atoms with Crippen LogP contribution in [-0.4, -0.2) is 47.3 Å². The van der Waals surface area contributed by atoms with Gasteiger partial charge in [0.15, 0.2) is 0 Å². The predicted octanol–water partition coefficient (Wildman–Crippen LogP) is 1.16. The third kappa shape index (κ3) is 2.74. The van der Waals surface area contributed by atoms with E-state index >= 15 is 0 Å². The first kappa shape index (κ1) is 13.7. The van der Waals surface area contributed by atoms with Gasteiger partial charge in [0.05, 0.1) is 36.5 Å². The molecule has 0 amide bonds. The van der Waals surface area contributed by atoms with E-state index in [2.05, 4.69) is 9.55 Å². The molecule has 0 spiro atoms. The smallest absolute Gasteiger partial charge is 0.217 e. The van der Waals surface area contributed by atoms with E-state index in [9.17, 15) is 8.42 Å². The van der Waals surface area contributed by atoms with Crippen LogP contribution in [0.15, 0.2) is 12.5 Å². The van der Waals surface area contributed by atoms with Gasteiger partial charge < -0.3 is 9.30 Å². The molecule has 2 heterocycles. The normalized spacial score (nSPS) is 26.8. The van der Waals surface area contributed by atoms with E-state index in [0.717, 1.165) is 31.1 Å². The molecule has 0 unspecified atom stereocenters. The molecule has 1 aromatic rings.